The molecular formula is C45H71N7O11. The highest BCUT2D eigenvalue weighted by molar-refractivity contribution is 5.89. The van der Waals surface area contributed by atoms with Gasteiger partial charge in [0.05, 0.1) is 53.6 Å². The van der Waals surface area contributed by atoms with Crippen molar-refractivity contribution in [2.75, 3.05) is 34.9 Å². The van der Waals surface area contributed by atoms with Crippen LogP contribution in [-0.2, 0) is 42.8 Å². The number of nitrogens with one attached hydrogen (secondary N) is 1. The molecule has 18 heteroatoms. The number of cyclic esters (lactones) is 1. The Morgan fingerprint density at radius 3 is 2.49 bits per heavy atom. The summed E-state index contributed by atoms with van der Waals surface area (Å²) in [6, 6.07) is 2.89. The van der Waals surface area contributed by atoms with E-state index in [2.05, 4.69) is 27.5 Å². The van der Waals surface area contributed by atoms with Gasteiger partial charge in [0.1, 0.15) is 19.3 Å². The van der Waals surface area contributed by atoms with Gasteiger partial charge in [-0.15, -0.1) is 0 Å². The van der Waals surface area contributed by atoms with E-state index in [-0.39, 0.29) is 30.5 Å². The Kier molecular flexibility index (Phi) is 17.1. The first-order valence-electron chi connectivity index (χ1n) is 22.2. The molecule has 2 aromatic rings. The van der Waals surface area contributed by atoms with Crippen LogP contribution in [0.3, 0.4) is 0 Å². The summed E-state index contributed by atoms with van der Waals surface area (Å²) in [6.07, 6.45) is 2.30. The second-order valence-corrected chi connectivity index (χ2v) is 18.0. The van der Waals surface area contributed by atoms with Crippen LogP contribution in [0.2, 0.25) is 0 Å². The second-order valence-electron chi connectivity index (χ2n) is 18.0. The van der Waals surface area contributed by atoms with E-state index in [1.54, 1.807) is 39.7 Å². The van der Waals surface area contributed by atoms with E-state index in [4.69, 9.17) is 33.3 Å². The van der Waals surface area contributed by atoms with Gasteiger partial charge in [-0.1, -0.05) is 32.9 Å². The number of rotatable bonds is 13. The van der Waals surface area contributed by atoms with Crippen molar-refractivity contribution in [3.8, 4) is 11.3 Å². The zero-order chi connectivity index (χ0) is 46.3. The van der Waals surface area contributed by atoms with Crippen LogP contribution in [-0.4, -0.2) is 149 Å². The van der Waals surface area contributed by atoms with Gasteiger partial charge >= 0.3 is 18.0 Å². The Morgan fingerprint density at radius 2 is 1.87 bits per heavy atom. The number of likely N-dealkylation sites (N-methyl/N-ethyl adjacent to an activating group) is 1. The molecule has 0 bridgehead atoms. The van der Waals surface area contributed by atoms with Crippen LogP contribution in [0.1, 0.15) is 94.0 Å². The highest BCUT2D eigenvalue weighted by Gasteiger charge is 2.54. The number of aromatic nitrogens is 3. The van der Waals surface area contributed by atoms with Crippen molar-refractivity contribution in [3.05, 3.63) is 37.1 Å². The summed E-state index contributed by atoms with van der Waals surface area (Å²) in [6.45, 7) is 16.8. The van der Waals surface area contributed by atoms with Gasteiger partial charge in [-0.2, -0.15) is 0 Å². The van der Waals surface area contributed by atoms with Crippen LogP contribution in [0.15, 0.2) is 42.2 Å². The maximum atomic E-state index is 14.1. The molecule has 352 valence electrons. The summed E-state index contributed by atoms with van der Waals surface area (Å²) < 4.78 is 39.9. The average Bonchev–Trinajstić information content (AvgIpc) is 3.88. The smallest absolute Gasteiger partial charge is 0.425 e. The van der Waals surface area contributed by atoms with E-state index in [0.717, 1.165) is 11.3 Å². The molecule has 5 heterocycles. The number of hydrogen-bond acceptors (Lipinski definition) is 16. The summed E-state index contributed by atoms with van der Waals surface area (Å²) in [5.41, 5.74) is 4.49. The third-order valence-electron chi connectivity index (χ3n) is 13.2. The van der Waals surface area contributed by atoms with Gasteiger partial charge in [0.15, 0.2) is 18.5 Å². The van der Waals surface area contributed by atoms with E-state index >= 15 is 0 Å². The Balaban J connectivity index is 1.49. The van der Waals surface area contributed by atoms with E-state index in [0.29, 0.717) is 31.5 Å². The molecule has 5 rings (SSSR count). The average molecular weight is 886 g/mol. The van der Waals surface area contributed by atoms with E-state index in [1.165, 1.54) is 19.0 Å². The van der Waals surface area contributed by atoms with Crippen LogP contribution in [0, 0.1) is 23.7 Å². The lowest BCUT2D eigenvalue weighted by Crippen LogP contribution is -2.60. The van der Waals surface area contributed by atoms with Gasteiger partial charge in [-0.3, -0.25) is 14.6 Å². The first kappa shape index (κ1) is 49.8. The Morgan fingerprint density at radius 1 is 1.14 bits per heavy atom. The Bertz CT molecular complexity index is 1850. The number of ether oxygens (including phenoxy) is 6. The van der Waals surface area contributed by atoms with Crippen LogP contribution in [0.4, 0.5) is 4.79 Å². The van der Waals surface area contributed by atoms with Gasteiger partial charge in [0, 0.05) is 68.5 Å². The van der Waals surface area contributed by atoms with Gasteiger partial charge in [0.25, 0.3) is 0 Å². The number of methoxy groups -OCH3 is 1. The molecule has 3 aliphatic rings. The summed E-state index contributed by atoms with van der Waals surface area (Å²) in [5.74, 6) is -3.84. The standard InChI is InChI=1S/C45H71N7O11/c1-14-35-40-37(52(44(56)62-40)48-19-17-26(3)51-23-33(47-24-51)32-16-15-18-46-22-32)28(5)36(49-58-13)25(2)21-45(9,57-12)41(29(6)38(54)30(7)42(55)61-35)63-43-39(60-31(8)53)34(50(10)11)20-27(4)59-43/h15-16,18,22-30,34-35,37-41,43,48,54H,14,17,19-21H2,1-13H3/b49-36+/t25-,26?,27-,28-,29+,30-,34+,35+,37-,38+,39-,40-,41-,43?,45+/m1/s1. The fourth-order valence-electron chi connectivity index (χ4n) is 9.54. The van der Waals surface area contributed by atoms with Gasteiger partial charge < -0.3 is 47.8 Å². The summed E-state index contributed by atoms with van der Waals surface area (Å²) >= 11 is 0. The van der Waals surface area contributed by atoms with Gasteiger partial charge in [-0.25, -0.2) is 20.2 Å². The van der Waals surface area contributed by atoms with E-state index < -0.39 is 84.2 Å². The number of amides is 1. The summed E-state index contributed by atoms with van der Waals surface area (Å²) in [5, 5.41) is 18.2. The maximum Gasteiger partial charge on any atom is 0.425 e. The van der Waals surface area contributed by atoms with Gasteiger partial charge in [0.2, 0.25) is 0 Å². The SMILES string of the molecule is CC[C@@H]1OC(=O)[C@H](C)[C@@H](O)[C@H](C)[C@@H](OC2O[C@H](C)C[C@H](N(C)C)[C@H]2OC(C)=O)[C@@](C)(OC)C[C@@H](C)/C(=N\OC)[C@@H](C)[C@@H]2[C@@H]1OC(=O)N2NCCC(C)n1cnc(-c2cccnc2)c1. The summed E-state index contributed by atoms with van der Waals surface area (Å²) in [7, 11) is 6.85. The van der Waals surface area contributed by atoms with Crippen molar-refractivity contribution in [2.24, 2.45) is 28.8 Å². The number of fused-ring (bicyclic) bond motifs is 1. The van der Waals surface area contributed by atoms with Gasteiger partial charge in [-0.05, 0) is 79.6 Å². The lowest BCUT2D eigenvalue weighted by molar-refractivity contribution is -0.303. The number of pyridine rings is 1. The number of esters is 2. The molecule has 1 amide bonds. The molecule has 0 saturated carbocycles. The first-order valence-corrected chi connectivity index (χ1v) is 22.2. The molecule has 2 aromatic heterocycles. The Hall–Kier alpha value is -4.20. The molecule has 3 aliphatic heterocycles. The molecule has 0 radical (unpaired) electrons. The number of carbonyl (C=O) groups is 3. The fourth-order valence-corrected chi connectivity index (χ4v) is 9.54. The molecule has 2 unspecified atom stereocenters. The minimum Gasteiger partial charge on any atom is -0.458 e. The predicted octanol–water partition coefficient (Wildman–Crippen LogP) is 5.01. The highest BCUT2D eigenvalue weighted by Crippen LogP contribution is 2.40. The zero-order valence-corrected chi connectivity index (χ0v) is 39.3. The first-order chi connectivity index (χ1) is 29.8. The van der Waals surface area contributed by atoms with Crippen molar-refractivity contribution >= 4 is 23.7 Å². The molecule has 63 heavy (non-hydrogen) atoms. The van der Waals surface area contributed by atoms with Crippen LogP contribution < -0.4 is 5.43 Å². The highest BCUT2D eigenvalue weighted by atomic mass is 16.7. The van der Waals surface area contributed by atoms with Crippen molar-refractivity contribution in [1.29, 1.82) is 0 Å². The Labute approximate surface area is 372 Å². The molecule has 18 nitrogen and oxygen atoms in total. The third kappa shape index (κ3) is 11.4. The van der Waals surface area contributed by atoms with E-state index in [1.807, 2.05) is 76.5 Å². The molecule has 3 saturated heterocycles. The molecule has 2 N–H and O–H groups in total. The molecular weight excluding hydrogens is 815 g/mol. The number of carbonyl (C=O) groups excluding carboxylic acids is 3. The number of hydrazine groups is 1. The topological polar surface area (TPSA) is 198 Å². The van der Waals surface area contributed by atoms with Crippen LogP contribution in [0.25, 0.3) is 11.3 Å². The third-order valence-corrected chi connectivity index (χ3v) is 13.2. The molecule has 0 aliphatic carbocycles. The number of aliphatic hydroxyl groups excluding tert-OH is 1. The lowest BCUT2D eigenvalue weighted by atomic mass is 9.74. The van der Waals surface area contributed by atoms with Crippen molar-refractivity contribution in [1.82, 2.24) is 29.9 Å². The molecule has 0 aromatic carbocycles. The normalized spacial score (nSPS) is 35.7. The number of imidazole rings is 1. The monoisotopic (exact) mass is 886 g/mol. The lowest BCUT2D eigenvalue weighted by Gasteiger charge is -2.48. The number of nitrogens with zero attached hydrogens (tertiary/aromatic N) is 6. The quantitative estimate of drug-likeness (QED) is 0.155. The number of oxime groups is 1. The minimum absolute atomic E-state index is 0.0127. The minimum atomic E-state index is -1.30. The maximum absolute atomic E-state index is 14.1. The molecule has 3 fully saturated rings. The number of hydrogen-bond donors (Lipinski definition) is 2. The van der Waals surface area contributed by atoms with E-state index in [9.17, 15) is 19.5 Å². The van der Waals surface area contributed by atoms with Crippen molar-refractivity contribution in [2.45, 2.75) is 155 Å². The molecule has 0 spiro atoms. The zero-order valence-electron chi connectivity index (χ0n) is 39.3. The van der Waals surface area contributed by atoms with Crippen molar-refractivity contribution < 1.29 is 52.7 Å². The van der Waals surface area contributed by atoms with Crippen LogP contribution in [0.5, 0.6) is 0 Å². The van der Waals surface area contributed by atoms with Crippen molar-refractivity contribution in [3.63, 3.8) is 0 Å². The second kappa shape index (κ2) is 21.7. The predicted molar refractivity (Wildman–Crippen MR) is 233 cm³/mol. The largest absolute Gasteiger partial charge is 0.458 e. The fraction of sp³-hybridized carbons (Fsp3) is 0.733. The summed E-state index contributed by atoms with van der Waals surface area (Å²) in [4.78, 5) is 56.8. The molecule has 15 atom stereocenters. The number of aliphatic hydroxyl groups is 1. The van der Waals surface area contributed by atoms with Crippen LogP contribution >= 0.6 is 0 Å².